The fourth-order valence-electron chi connectivity index (χ4n) is 2.30. The van der Waals surface area contributed by atoms with Crippen LogP contribution in [-0.2, 0) is 5.41 Å². The Balaban J connectivity index is 2.36. The maximum absolute atomic E-state index is 12.6. The van der Waals surface area contributed by atoms with Gasteiger partial charge in [0.25, 0.3) is 5.91 Å². The summed E-state index contributed by atoms with van der Waals surface area (Å²) in [6.45, 7) is 6.03. The van der Waals surface area contributed by atoms with Gasteiger partial charge in [0.2, 0.25) is 0 Å². The van der Waals surface area contributed by atoms with Crippen LogP contribution in [-0.4, -0.2) is 29.2 Å². The van der Waals surface area contributed by atoms with Crippen molar-refractivity contribution < 1.29 is 24.5 Å². The number of carboxylic acids is 1. The average Bonchev–Trinajstić information content (AvgIpc) is 2.54. The molecule has 0 bridgehead atoms. The molecule has 0 aliphatic carbocycles. The summed E-state index contributed by atoms with van der Waals surface area (Å²) in [5.41, 5.74) is 1.23. The van der Waals surface area contributed by atoms with Gasteiger partial charge in [-0.1, -0.05) is 26.8 Å². The Labute approximate surface area is 146 Å². The third-order valence-electron chi connectivity index (χ3n) is 3.80. The first-order valence-electron chi connectivity index (χ1n) is 7.69. The average molecular weight is 343 g/mol. The Morgan fingerprint density at radius 2 is 1.76 bits per heavy atom. The fraction of sp³-hybridized carbons (Fsp3) is 0.263. The Hall–Kier alpha value is -3.02. The number of carbonyl (C=O) groups is 2. The summed E-state index contributed by atoms with van der Waals surface area (Å²) in [6, 6.07) is 9.04. The molecule has 2 aromatic rings. The molecule has 3 N–H and O–H groups in total. The molecule has 0 saturated carbocycles. The van der Waals surface area contributed by atoms with E-state index in [1.54, 1.807) is 12.1 Å². The van der Waals surface area contributed by atoms with E-state index in [2.05, 4.69) is 5.32 Å². The summed E-state index contributed by atoms with van der Waals surface area (Å²) in [4.78, 5) is 23.6. The van der Waals surface area contributed by atoms with E-state index >= 15 is 0 Å². The smallest absolute Gasteiger partial charge is 0.335 e. The molecule has 1 amide bonds. The highest BCUT2D eigenvalue weighted by Crippen LogP contribution is 2.30. The molecule has 132 valence electrons. The maximum Gasteiger partial charge on any atom is 0.335 e. The number of hydrogen-bond acceptors (Lipinski definition) is 4. The third kappa shape index (κ3) is 4.09. The van der Waals surface area contributed by atoms with E-state index in [0.29, 0.717) is 5.69 Å². The van der Waals surface area contributed by atoms with Crippen LogP contribution in [0.15, 0.2) is 36.4 Å². The predicted octanol–water partition coefficient (Wildman–Crippen LogP) is 3.65. The largest absolute Gasteiger partial charge is 0.507 e. The topological polar surface area (TPSA) is 95.9 Å². The van der Waals surface area contributed by atoms with Gasteiger partial charge in [-0.05, 0) is 41.3 Å². The molecule has 2 aromatic carbocycles. The zero-order valence-corrected chi connectivity index (χ0v) is 14.6. The number of carboxylic acid groups (broad SMARTS) is 1. The number of rotatable bonds is 4. The molecule has 2 rings (SSSR count). The number of hydrogen-bond donors (Lipinski definition) is 3. The Morgan fingerprint density at radius 3 is 2.32 bits per heavy atom. The number of aromatic carboxylic acids is 1. The molecule has 0 aliphatic heterocycles. The van der Waals surface area contributed by atoms with Crippen molar-refractivity contribution in [1.82, 2.24) is 0 Å². The standard InChI is InChI=1S/C19H21NO5/c1-19(2,3)12-6-8-15(21)13(10-12)17(22)20-14-7-5-11(18(23)24)9-16(14)25-4/h5-10,21H,1-4H3,(H,20,22)(H,23,24). The summed E-state index contributed by atoms with van der Waals surface area (Å²) >= 11 is 0. The number of nitrogens with one attached hydrogen (secondary N) is 1. The highest BCUT2D eigenvalue weighted by Gasteiger charge is 2.20. The fourth-order valence-corrected chi connectivity index (χ4v) is 2.30. The number of benzene rings is 2. The van der Waals surface area contributed by atoms with Crippen molar-refractivity contribution >= 4 is 17.6 Å². The first kappa shape index (κ1) is 18.3. The van der Waals surface area contributed by atoms with Crippen LogP contribution in [0, 0.1) is 0 Å². The van der Waals surface area contributed by atoms with Crippen LogP contribution >= 0.6 is 0 Å². The number of carbonyl (C=O) groups excluding carboxylic acids is 1. The van der Waals surface area contributed by atoms with Gasteiger partial charge in [-0.25, -0.2) is 4.79 Å². The van der Waals surface area contributed by atoms with Crippen LogP contribution in [0.2, 0.25) is 0 Å². The van der Waals surface area contributed by atoms with Gasteiger partial charge < -0.3 is 20.3 Å². The van der Waals surface area contributed by atoms with E-state index in [9.17, 15) is 14.7 Å². The minimum Gasteiger partial charge on any atom is -0.507 e. The van der Waals surface area contributed by atoms with Gasteiger partial charge in [0.15, 0.2) is 0 Å². The molecule has 0 spiro atoms. The third-order valence-corrected chi connectivity index (χ3v) is 3.80. The van der Waals surface area contributed by atoms with E-state index < -0.39 is 11.9 Å². The Morgan fingerprint density at radius 1 is 1.08 bits per heavy atom. The van der Waals surface area contributed by atoms with E-state index in [1.165, 1.54) is 31.4 Å². The number of ether oxygens (including phenoxy) is 1. The van der Waals surface area contributed by atoms with Gasteiger partial charge in [-0.2, -0.15) is 0 Å². The number of phenols is 1. The highest BCUT2D eigenvalue weighted by atomic mass is 16.5. The molecule has 0 aromatic heterocycles. The lowest BCUT2D eigenvalue weighted by Crippen LogP contribution is -2.16. The molecule has 6 nitrogen and oxygen atoms in total. The molecule has 0 saturated heterocycles. The van der Waals surface area contributed by atoms with Crippen LogP contribution in [0.5, 0.6) is 11.5 Å². The lowest BCUT2D eigenvalue weighted by molar-refractivity contribution is 0.0696. The monoisotopic (exact) mass is 343 g/mol. The molecule has 0 radical (unpaired) electrons. The number of methoxy groups -OCH3 is 1. The van der Waals surface area contributed by atoms with Crippen molar-refractivity contribution in [2.45, 2.75) is 26.2 Å². The molecule has 25 heavy (non-hydrogen) atoms. The van der Waals surface area contributed by atoms with Crippen molar-refractivity contribution in [2.75, 3.05) is 12.4 Å². The number of aromatic hydroxyl groups is 1. The molecule has 0 aliphatic rings. The van der Waals surface area contributed by atoms with Crippen LogP contribution in [0.25, 0.3) is 0 Å². The lowest BCUT2D eigenvalue weighted by atomic mass is 9.86. The minimum absolute atomic E-state index is 0.0485. The van der Waals surface area contributed by atoms with Crippen molar-refractivity contribution in [3.05, 3.63) is 53.1 Å². The van der Waals surface area contributed by atoms with Gasteiger partial charge in [0, 0.05) is 0 Å². The zero-order valence-electron chi connectivity index (χ0n) is 14.6. The molecule has 0 fully saturated rings. The van der Waals surface area contributed by atoms with Crippen LogP contribution < -0.4 is 10.1 Å². The van der Waals surface area contributed by atoms with Gasteiger partial charge in [0.05, 0.1) is 23.9 Å². The molecule has 0 heterocycles. The molecule has 0 atom stereocenters. The number of anilines is 1. The van der Waals surface area contributed by atoms with E-state index in [0.717, 1.165) is 5.56 Å². The summed E-state index contributed by atoms with van der Waals surface area (Å²) < 4.78 is 5.14. The van der Waals surface area contributed by atoms with Crippen molar-refractivity contribution in [2.24, 2.45) is 0 Å². The second kappa shape index (κ2) is 6.84. The van der Waals surface area contributed by atoms with Crippen molar-refractivity contribution in [3.63, 3.8) is 0 Å². The highest BCUT2D eigenvalue weighted by molar-refractivity contribution is 6.07. The SMILES string of the molecule is COc1cc(C(=O)O)ccc1NC(=O)c1cc(C(C)(C)C)ccc1O. The van der Waals surface area contributed by atoms with Crippen molar-refractivity contribution in [3.8, 4) is 11.5 Å². The molecule has 0 unspecified atom stereocenters. The first-order valence-corrected chi connectivity index (χ1v) is 7.69. The lowest BCUT2D eigenvalue weighted by Gasteiger charge is -2.20. The summed E-state index contributed by atoms with van der Waals surface area (Å²) in [5.74, 6) is -1.51. The number of phenolic OH excluding ortho intramolecular Hbond substituents is 1. The van der Waals surface area contributed by atoms with Gasteiger partial charge >= 0.3 is 5.97 Å². The predicted molar refractivity (Wildman–Crippen MR) is 94.7 cm³/mol. The van der Waals surface area contributed by atoms with Crippen LogP contribution in [0.3, 0.4) is 0 Å². The second-order valence-corrected chi connectivity index (χ2v) is 6.66. The summed E-state index contributed by atoms with van der Waals surface area (Å²) in [5, 5.41) is 21.7. The summed E-state index contributed by atoms with van der Waals surface area (Å²) in [6.07, 6.45) is 0. The summed E-state index contributed by atoms with van der Waals surface area (Å²) in [7, 11) is 1.38. The maximum atomic E-state index is 12.6. The molecular formula is C19H21NO5. The van der Waals surface area contributed by atoms with Gasteiger partial charge in [-0.3, -0.25) is 4.79 Å². The van der Waals surface area contributed by atoms with E-state index in [-0.39, 0.29) is 28.0 Å². The Bertz CT molecular complexity index is 821. The van der Waals surface area contributed by atoms with Crippen LogP contribution in [0.4, 0.5) is 5.69 Å². The quantitative estimate of drug-likeness (QED) is 0.787. The van der Waals surface area contributed by atoms with Gasteiger partial charge in [-0.15, -0.1) is 0 Å². The van der Waals surface area contributed by atoms with Crippen molar-refractivity contribution in [1.29, 1.82) is 0 Å². The second-order valence-electron chi connectivity index (χ2n) is 6.66. The van der Waals surface area contributed by atoms with E-state index in [1.807, 2.05) is 20.8 Å². The van der Waals surface area contributed by atoms with Crippen LogP contribution in [0.1, 0.15) is 47.1 Å². The minimum atomic E-state index is -1.09. The molecule has 6 heteroatoms. The zero-order chi connectivity index (χ0) is 18.8. The normalized spacial score (nSPS) is 11.0. The molecular weight excluding hydrogens is 322 g/mol. The Kier molecular flexibility index (Phi) is 5.02. The van der Waals surface area contributed by atoms with Gasteiger partial charge in [0.1, 0.15) is 11.5 Å². The number of amides is 1. The first-order chi connectivity index (χ1) is 11.6. The van der Waals surface area contributed by atoms with E-state index in [4.69, 9.17) is 9.84 Å².